The first-order valence-electron chi connectivity index (χ1n) is 14.1. The Bertz CT molecular complexity index is 929. The standard InChI is InChI=1S/C24H42O21/c25-1-6-10(29)13(32)16(35)21(40-6)39-4-9-11(30)14(33)17(36)22(42-9)43-19-8(3-27)41-23(18(37)15(19)34)45-24(5-28)20(38)12(31)7(2-26)44-24/h6-23,25-38H,1-5H2/t6-,7-,8-,9-,10+,11+,12-,13+,14+,15-,16-,17-,18-,19-,20+,21+,22-,23-,24+/m1/s1. The smallest absolute Gasteiger partial charge is 0.224 e. The van der Waals surface area contributed by atoms with Crippen LogP contribution in [-0.4, -0.2) is 221 Å². The first-order chi connectivity index (χ1) is 21.2. The molecule has 0 unspecified atom stereocenters. The number of ether oxygens (including phenoxy) is 7. The zero-order valence-corrected chi connectivity index (χ0v) is 23.5. The number of aliphatic hydroxyl groups is 14. The number of hydrogen-bond donors (Lipinski definition) is 14. The van der Waals surface area contributed by atoms with Crippen molar-refractivity contribution in [3.05, 3.63) is 0 Å². The van der Waals surface area contributed by atoms with Gasteiger partial charge in [-0.1, -0.05) is 0 Å². The Kier molecular flexibility index (Phi) is 12.5. The van der Waals surface area contributed by atoms with Gasteiger partial charge in [0.2, 0.25) is 5.79 Å². The van der Waals surface area contributed by atoms with Crippen LogP contribution in [-0.2, 0) is 33.2 Å². The third kappa shape index (κ3) is 7.15. The SMILES string of the molecule is OC[C@H]1O[C@H](OC[C@H]2O[C@H](O[C@H]3[C@H](O)[C@@H](O)[C@@H](O[C@]4(CO)O[C@H](CO)[C@@H](O)[C@@H]4O)O[C@@H]3CO)[C@H](O)[C@@H](O)[C@H]2O)[C@H](O)[C@@H](O)[C@H]1O. The molecule has 0 aromatic carbocycles. The molecule has 45 heavy (non-hydrogen) atoms. The van der Waals surface area contributed by atoms with Gasteiger partial charge in [-0.2, -0.15) is 0 Å². The molecule has 0 bridgehead atoms. The molecule has 0 radical (unpaired) electrons. The monoisotopic (exact) mass is 666 g/mol. The fourth-order valence-corrected chi connectivity index (χ4v) is 5.50. The van der Waals surface area contributed by atoms with Gasteiger partial charge in [-0.3, -0.25) is 0 Å². The summed E-state index contributed by atoms with van der Waals surface area (Å²) in [6.45, 7) is -4.25. The summed E-state index contributed by atoms with van der Waals surface area (Å²) in [6.07, 6.45) is -31.8. The van der Waals surface area contributed by atoms with E-state index in [0.29, 0.717) is 0 Å². The van der Waals surface area contributed by atoms with Crippen molar-refractivity contribution in [1.29, 1.82) is 0 Å². The summed E-state index contributed by atoms with van der Waals surface area (Å²) in [4.78, 5) is 0. The highest BCUT2D eigenvalue weighted by Gasteiger charge is 2.59. The minimum Gasteiger partial charge on any atom is -0.394 e. The maximum atomic E-state index is 10.9. The van der Waals surface area contributed by atoms with Crippen LogP contribution >= 0.6 is 0 Å². The highest BCUT2D eigenvalue weighted by Crippen LogP contribution is 2.37. The molecule has 0 amide bonds. The molecule has 4 heterocycles. The summed E-state index contributed by atoms with van der Waals surface area (Å²) in [7, 11) is 0. The van der Waals surface area contributed by atoms with Gasteiger partial charge in [-0.25, -0.2) is 0 Å². The van der Waals surface area contributed by atoms with Gasteiger partial charge in [-0.15, -0.1) is 0 Å². The Hall–Kier alpha value is -0.840. The second-order valence-electron chi connectivity index (χ2n) is 11.2. The lowest BCUT2D eigenvalue weighted by atomic mass is 9.96. The summed E-state index contributed by atoms with van der Waals surface area (Å²) in [5.74, 6) is -2.43. The summed E-state index contributed by atoms with van der Waals surface area (Å²) in [5, 5.41) is 142. The van der Waals surface area contributed by atoms with Crippen LogP contribution in [0.25, 0.3) is 0 Å². The molecule has 4 fully saturated rings. The largest absolute Gasteiger partial charge is 0.394 e. The molecule has 21 heteroatoms. The normalized spacial score (nSPS) is 52.7. The van der Waals surface area contributed by atoms with Gasteiger partial charge >= 0.3 is 0 Å². The van der Waals surface area contributed by atoms with E-state index in [2.05, 4.69) is 0 Å². The van der Waals surface area contributed by atoms with Crippen LogP contribution in [0.3, 0.4) is 0 Å². The molecular formula is C24H42O21. The summed E-state index contributed by atoms with van der Waals surface area (Å²) >= 11 is 0. The molecule has 19 atom stereocenters. The molecule has 264 valence electrons. The second kappa shape index (κ2) is 15.1. The molecule has 4 saturated heterocycles. The molecule has 0 spiro atoms. The Morgan fingerprint density at radius 2 is 1.00 bits per heavy atom. The summed E-state index contributed by atoms with van der Waals surface area (Å²) < 4.78 is 37.7. The molecule has 21 nitrogen and oxygen atoms in total. The van der Waals surface area contributed by atoms with Crippen LogP contribution in [0, 0.1) is 0 Å². The molecule has 0 saturated carbocycles. The average Bonchev–Trinajstić information content (AvgIpc) is 3.28. The molecule has 4 rings (SSSR count). The van der Waals surface area contributed by atoms with Crippen LogP contribution in [0.1, 0.15) is 0 Å². The number of hydrogen-bond acceptors (Lipinski definition) is 21. The average molecular weight is 667 g/mol. The molecule has 4 aliphatic heterocycles. The van der Waals surface area contributed by atoms with Gasteiger partial charge < -0.3 is 105 Å². The van der Waals surface area contributed by atoms with Gasteiger partial charge in [-0.05, 0) is 0 Å². The fraction of sp³-hybridized carbons (Fsp3) is 1.00. The number of rotatable bonds is 11. The maximum absolute atomic E-state index is 10.9. The lowest BCUT2D eigenvalue weighted by Gasteiger charge is -2.47. The Labute approximate surface area is 254 Å². The lowest BCUT2D eigenvalue weighted by molar-refractivity contribution is -0.399. The van der Waals surface area contributed by atoms with Gasteiger partial charge in [0.1, 0.15) is 98.2 Å². The van der Waals surface area contributed by atoms with E-state index in [1.54, 1.807) is 0 Å². The zero-order valence-electron chi connectivity index (χ0n) is 23.5. The summed E-state index contributed by atoms with van der Waals surface area (Å²) in [5.41, 5.74) is 0. The van der Waals surface area contributed by atoms with E-state index in [1.807, 2.05) is 0 Å². The van der Waals surface area contributed by atoms with Crippen LogP contribution < -0.4 is 0 Å². The minimum absolute atomic E-state index is 0.689. The van der Waals surface area contributed by atoms with E-state index in [-0.39, 0.29) is 0 Å². The van der Waals surface area contributed by atoms with Crippen LogP contribution in [0.2, 0.25) is 0 Å². The fourth-order valence-electron chi connectivity index (χ4n) is 5.50. The van der Waals surface area contributed by atoms with E-state index in [0.717, 1.165) is 0 Å². The Balaban J connectivity index is 1.43. The third-order valence-electron chi connectivity index (χ3n) is 8.28. The van der Waals surface area contributed by atoms with E-state index in [4.69, 9.17) is 33.2 Å². The predicted molar refractivity (Wildman–Crippen MR) is 134 cm³/mol. The molecule has 0 aromatic rings. The highest BCUT2D eigenvalue weighted by molar-refractivity contribution is 4.99. The highest BCUT2D eigenvalue weighted by atomic mass is 16.8. The Morgan fingerprint density at radius 3 is 1.56 bits per heavy atom. The van der Waals surface area contributed by atoms with Crippen LogP contribution in [0.5, 0.6) is 0 Å². The summed E-state index contributed by atoms with van der Waals surface area (Å²) in [6, 6.07) is 0. The van der Waals surface area contributed by atoms with Crippen molar-refractivity contribution in [3.8, 4) is 0 Å². The first-order valence-corrected chi connectivity index (χ1v) is 14.1. The van der Waals surface area contributed by atoms with Crippen molar-refractivity contribution < 1.29 is 105 Å². The van der Waals surface area contributed by atoms with E-state index in [1.165, 1.54) is 0 Å². The van der Waals surface area contributed by atoms with Gasteiger partial charge in [0.15, 0.2) is 18.9 Å². The van der Waals surface area contributed by atoms with Crippen molar-refractivity contribution in [2.75, 3.05) is 33.0 Å². The maximum Gasteiger partial charge on any atom is 0.224 e. The number of aliphatic hydroxyl groups excluding tert-OH is 14. The van der Waals surface area contributed by atoms with Crippen molar-refractivity contribution in [1.82, 2.24) is 0 Å². The van der Waals surface area contributed by atoms with Crippen molar-refractivity contribution in [3.63, 3.8) is 0 Å². The first kappa shape index (κ1) is 37.0. The molecule has 4 aliphatic rings. The molecule has 0 aromatic heterocycles. The molecule has 14 N–H and O–H groups in total. The molecular weight excluding hydrogens is 624 g/mol. The minimum atomic E-state index is -2.43. The van der Waals surface area contributed by atoms with E-state index in [9.17, 15) is 71.5 Å². The lowest BCUT2D eigenvalue weighted by Crippen LogP contribution is -2.66. The third-order valence-corrected chi connectivity index (χ3v) is 8.28. The van der Waals surface area contributed by atoms with E-state index >= 15 is 0 Å². The van der Waals surface area contributed by atoms with Gasteiger partial charge in [0, 0.05) is 0 Å². The topological polar surface area (TPSA) is 348 Å². The van der Waals surface area contributed by atoms with Gasteiger partial charge in [0.05, 0.1) is 26.4 Å². The van der Waals surface area contributed by atoms with Gasteiger partial charge in [0.25, 0.3) is 0 Å². The van der Waals surface area contributed by atoms with Crippen LogP contribution in [0.15, 0.2) is 0 Å². The zero-order chi connectivity index (χ0) is 33.4. The van der Waals surface area contributed by atoms with Crippen molar-refractivity contribution >= 4 is 0 Å². The van der Waals surface area contributed by atoms with Crippen molar-refractivity contribution in [2.24, 2.45) is 0 Å². The van der Waals surface area contributed by atoms with E-state index < -0.39 is 149 Å². The second-order valence-corrected chi connectivity index (χ2v) is 11.2. The Morgan fingerprint density at radius 1 is 0.489 bits per heavy atom. The van der Waals surface area contributed by atoms with Crippen molar-refractivity contribution in [2.45, 2.75) is 116 Å². The predicted octanol–water partition coefficient (Wildman–Crippen LogP) is -9.75. The van der Waals surface area contributed by atoms with Crippen LogP contribution in [0.4, 0.5) is 0 Å². The quantitative estimate of drug-likeness (QED) is 0.0973. The molecule has 0 aliphatic carbocycles.